The Morgan fingerprint density at radius 2 is 1.80 bits per heavy atom. The maximum Gasteiger partial charge on any atom is 0.122 e. The Kier molecular flexibility index (Phi) is 7.46. The van der Waals surface area contributed by atoms with Crippen molar-refractivity contribution < 1.29 is 9.47 Å². The summed E-state index contributed by atoms with van der Waals surface area (Å²) in [6, 6.07) is 2.87. The molecule has 1 unspecified atom stereocenters. The zero-order chi connectivity index (χ0) is 15.0. The van der Waals surface area contributed by atoms with Gasteiger partial charge in [-0.3, -0.25) is 10.2 Å². The predicted octanol–water partition coefficient (Wildman–Crippen LogP) is 1.25. The number of hydrogen-bond acceptors (Lipinski definition) is 5. The Balaban J connectivity index is 2.69. The van der Waals surface area contributed by atoms with E-state index in [0.717, 1.165) is 32.5 Å². The van der Waals surface area contributed by atoms with Gasteiger partial charge in [0.05, 0.1) is 19.3 Å². The maximum absolute atomic E-state index is 9.73. The van der Waals surface area contributed by atoms with Crippen LogP contribution in [0.4, 0.5) is 0 Å². The Morgan fingerprint density at radius 1 is 1.25 bits per heavy atom. The largest absolute Gasteiger partial charge is 0.383 e. The topological polar surface area (TPSA) is 57.5 Å². The zero-order valence-electron chi connectivity index (χ0n) is 13.3. The van der Waals surface area contributed by atoms with Gasteiger partial charge in [0.1, 0.15) is 5.54 Å². The molecule has 5 heteroatoms. The van der Waals surface area contributed by atoms with E-state index in [2.05, 4.69) is 30.1 Å². The van der Waals surface area contributed by atoms with Crippen LogP contribution < -0.4 is 5.32 Å². The van der Waals surface area contributed by atoms with Gasteiger partial charge >= 0.3 is 0 Å². The first-order chi connectivity index (χ1) is 9.57. The van der Waals surface area contributed by atoms with Crippen molar-refractivity contribution >= 4 is 0 Å². The van der Waals surface area contributed by atoms with Crippen LogP contribution in [-0.2, 0) is 9.47 Å². The summed E-state index contributed by atoms with van der Waals surface area (Å²) < 4.78 is 10.3. The van der Waals surface area contributed by atoms with Crippen molar-refractivity contribution in [1.29, 1.82) is 5.26 Å². The van der Waals surface area contributed by atoms with Crippen molar-refractivity contribution in [2.24, 2.45) is 5.92 Å². The molecule has 1 aliphatic carbocycles. The first-order valence-corrected chi connectivity index (χ1v) is 7.47. The van der Waals surface area contributed by atoms with E-state index < -0.39 is 5.54 Å². The molecule has 1 aliphatic rings. The fourth-order valence-electron chi connectivity index (χ4n) is 2.61. The Morgan fingerprint density at radius 3 is 2.15 bits per heavy atom. The monoisotopic (exact) mass is 283 g/mol. The standard InChI is InChI=1S/C15H29N3O2/c1-13(2)17-15(11-16,14-5-6-14)12-18(7-9-19-3)8-10-20-4/h13-14,17H,5-10,12H2,1-4H3. The summed E-state index contributed by atoms with van der Waals surface area (Å²) in [4.78, 5) is 2.27. The van der Waals surface area contributed by atoms with Crippen LogP contribution in [0.3, 0.4) is 0 Å². The normalized spacial score (nSPS) is 18.2. The van der Waals surface area contributed by atoms with Gasteiger partial charge in [0.15, 0.2) is 0 Å². The van der Waals surface area contributed by atoms with Gasteiger partial charge in [-0.1, -0.05) is 0 Å². The maximum atomic E-state index is 9.73. The summed E-state index contributed by atoms with van der Waals surface area (Å²) in [7, 11) is 3.42. The van der Waals surface area contributed by atoms with E-state index in [0.29, 0.717) is 25.2 Å². The minimum absolute atomic E-state index is 0.307. The molecule has 0 heterocycles. The van der Waals surface area contributed by atoms with Gasteiger partial charge in [0, 0.05) is 39.9 Å². The highest BCUT2D eigenvalue weighted by Crippen LogP contribution is 2.40. The van der Waals surface area contributed by atoms with Gasteiger partial charge in [-0.2, -0.15) is 5.26 Å². The lowest BCUT2D eigenvalue weighted by molar-refractivity contribution is 0.0948. The van der Waals surface area contributed by atoms with E-state index in [1.807, 2.05) is 0 Å². The molecule has 0 radical (unpaired) electrons. The van der Waals surface area contributed by atoms with Crippen LogP contribution in [0.15, 0.2) is 0 Å². The van der Waals surface area contributed by atoms with Crippen molar-refractivity contribution in [3.63, 3.8) is 0 Å². The second-order valence-corrected chi connectivity index (χ2v) is 5.92. The van der Waals surface area contributed by atoms with Crippen molar-refractivity contribution in [2.45, 2.75) is 38.3 Å². The molecule has 1 atom stereocenters. The zero-order valence-corrected chi connectivity index (χ0v) is 13.3. The molecule has 0 saturated heterocycles. The lowest BCUT2D eigenvalue weighted by Crippen LogP contribution is -2.57. The minimum Gasteiger partial charge on any atom is -0.383 e. The number of nitriles is 1. The molecular formula is C15H29N3O2. The lowest BCUT2D eigenvalue weighted by atomic mass is 9.93. The van der Waals surface area contributed by atoms with E-state index in [1.165, 1.54) is 0 Å². The molecule has 0 spiro atoms. The van der Waals surface area contributed by atoms with E-state index in [4.69, 9.17) is 9.47 Å². The van der Waals surface area contributed by atoms with Gasteiger partial charge in [-0.15, -0.1) is 0 Å². The molecule has 0 aromatic carbocycles. The quantitative estimate of drug-likeness (QED) is 0.618. The van der Waals surface area contributed by atoms with Crippen molar-refractivity contribution in [3.05, 3.63) is 0 Å². The summed E-state index contributed by atoms with van der Waals surface area (Å²) in [5.74, 6) is 0.475. The van der Waals surface area contributed by atoms with E-state index in [9.17, 15) is 5.26 Å². The highest BCUT2D eigenvalue weighted by atomic mass is 16.5. The Labute approximate surface area is 123 Å². The van der Waals surface area contributed by atoms with Crippen molar-refractivity contribution in [3.8, 4) is 6.07 Å². The lowest BCUT2D eigenvalue weighted by Gasteiger charge is -2.35. The number of ether oxygens (including phenoxy) is 2. The van der Waals surface area contributed by atoms with Crippen LogP contribution in [-0.4, -0.2) is 63.5 Å². The molecule has 0 bridgehead atoms. The first kappa shape index (κ1) is 17.4. The fourth-order valence-corrected chi connectivity index (χ4v) is 2.61. The third kappa shape index (κ3) is 5.37. The molecule has 0 aromatic heterocycles. The average molecular weight is 283 g/mol. The second-order valence-electron chi connectivity index (χ2n) is 5.92. The number of nitrogens with one attached hydrogen (secondary N) is 1. The number of nitrogens with zero attached hydrogens (tertiary/aromatic N) is 2. The second kappa shape index (κ2) is 8.58. The van der Waals surface area contributed by atoms with Gasteiger partial charge in [0.2, 0.25) is 0 Å². The highest BCUT2D eigenvalue weighted by Gasteiger charge is 2.46. The fraction of sp³-hybridized carbons (Fsp3) is 0.933. The molecule has 0 aliphatic heterocycles. The molecule has 0 aromatic rings. The average Bonchev–Trinajstić information content (AvgIpc) is 3.25. The van der Waals surface area contributed by atoms with Crippen LogP contribution in [0.5, 0.6) is 0 Å². The summed E-state index contributed by atoms with van der Waals surface area (Å²) in [5.41, 5.74) is -0.435. The van der Waals surface area contributed by atoms with Crippen LogP contribution in [0.1, 0.15) is 26.7 Å². The van der Waals surface area contributed by atoms with E-state index >= 15 is 0 Å². The van der Waals surface area contributed by atoms with Crippen LogP contribution in [0.25, 0.3) is 0 Å². The summed E-state index contributed by atoms with van der Waals surface area (Å²) in [6.07, 6.45) is 2.30. The Bertz CT molecular complexity index is 305. The summed E-state index contributed by atoms with van der Waals surface area (Å²) in [6.45, 7) is 7.95. The highest BCUT2D eigenvalue weighted by molar-refractivity contribution is 5.17. The number of methoxy groups -OCH3 is 2. The molecule has 1 saturated carbocycles. The van der Waals surface area contributed by atoms with Gasteiger partial charge in [0.25, 0.3) is 0 Å². The third-order valence-corrected chi connectivity index (χ3v) is 3.72. The molecule has 1 rings (SSSR count). The van der Waals surface area contributed by atoms with Gasteiger partial charge < -0.3 is 9.47 Å². The van der Waals surface area contributed by atoms with Crippen LogP contribution >= 0.6 is 0 Å². The molecule has 116 valence electrons. The predicted molar refractivity (Wildman–Crippen MR) is 79.5 cm³/mol. The summed E-state index contributed by atoms with van der Waals surface area (Å²) >= 11 is 0. The van der Waals surface area contributed by atoms with Crippen molar-refractivity contribution in [2.75, 3.05) is 47.1 Å². The smallest absolute Gasteiger partial charge is 0.122 e. The first-order valence-electron chi connectivity index (χ1n) is 7.47. The van der Waals surface area contributed by atoms with E-state index in [1.54, 1.807) is 14.2 Å². The SMILES string of the molecule is COCCN(CCOC)CC(C#N)(NC(C)C)C1CC1. The van der Waals surface area contributed by atoms with Gasteiger partial charge in [-0.25, -0.2) is 0 Å². The molecular weight excluding hydrogens is 254 g/mol. The summed E-state index contributed by atoms with van der Waals surface area (Å²) in [5, 5.41) is 13.2. The minimum atomic E-state index is -0.435. The molecule has 5 nitrogen and oxygen atoms in total. The number of hydrogen-bond donors (Lipinski definition) is 1. The molecule has 1 N–H and O–H groups in total. The van der Waals surface area contributed by atoms with Gasteiger partial charge in [-0.05, 0) is 32.6 Å². The van der Waals surface area contributed by atoms with Crippen LogP contribution in [0.2, 0.25) is 0 Å². The number of rotatable bonds is 11. The van der Waals surface area contributed by atoms with Crippen LogP contribution in [0, 0.1) is 17.2 Å². The van der Waals surface area contributed by atoms with Crippen molar-refractivity contribution in [1.82, 2.24) is 10.2 Å². The molecule has 0 amide bonds. The van der Waals surface area contributed by atoms with E-state index in [-0.39, 0.29) is 0 Å². The molecule has 20 heavy (non-hydrogen) atoms. The third-order valence-electron chi connectivity index (χ3n) is 3.72. The molecule has 1 fully saturated rings. The Hall–Kier alpha value is -0.670.